The van der Waals surface area contributed by atoms with Crippen molar-refractivity contribution in [1.29, 1.82) is 0 Å². The largest absolute Gasteiger partial charge is 0.493 e. The van der Waals surface area contributed by atoms with Crippen LogP contribution in [0.1, 0.15) is 43.2 Å². The van der Waals surface area contributed by atoms with Crippen LogP contribution in [0, 0.1) is 0 Å². The lowest BCUT2D eigenvalue weighted by Gasteiger charge is -2.49. The first-order valence-corrected chi connectivity index (χ1v) is 11.3. The summed E-state index contributed by atoms with van der Waals surface area (Å²) in [7, 11) is 0. The molecule has 4 heteroatoms. The highest BCUT2D eigenvalue weighted by Gasteiger charge is 2.34. The fourth-order valence-corrected chi connectivity index (χ4v) is 5.55. The molecular formula is C23H35N3O. The van der Waals surface area contributed by atoms with Gasteiger partial charge in [-0.2, -0.15) is 0 Å². The molecule has 1 aromatic carbocycles. The van der Waals surface area contributed by atoms with Gasteiger partial charge in [0.15, 0.2) is 0 Å². The van der Waals surface area contributed by atoms with Gasteiger partial charge in [-0.1, -0.05) is 31.4 Å². The second-order valence-electron chi connectivity index (χ2n) is 9.07. The molecule has 0 bridgehead atoms. The van der Waals surface area contributed by atoms with Gasteiger partial charge < -0.3 is 4.74 Å². The summed E-state index contributed by atoms with van der Waals surface area (Å²) in [6.45, 7) is 9.81. The molecule has 4 aliphatic rings. The zero-order valence-electron chi connectivity index (χ0n) is 16.7. The van der Waals surface area contributed by atoms with E-state index in [2.05, 4.69) is 32.9 Å². The summed E-state index contributed by atoms with van der Waals surface area (Å²) < 4.78 is 5.62. The molecule has 27 heavy (non-hydrogen) atoms. The van der Waals surface area contributed by atoms with Gasteiger partial charge in [0.1, 0.15) is 5.75 Å². The van der Waals surface area contributed by atoms with E-state index >= 15 is 0 Å². The number of hydrogen-bond donors (Lipinski definition) is 0. The Morgan fingerprint density at radius 3 is 2.41 bits per heavy atom. The van der Waals surface area contributed by atoms with Crippen LogP contribution in [0.25, 0.3) is 0 Å². The molecule has 1 aromatic rings. The molecule has 4 nitrogen and oxygen atoms in total. The number of nitrogens with zero attached hydrogens (tertiary/aromatic N) is 3. The van der Waals surface area contributed by atoms with Crippen LogP contribution in [0.3, 0.4) is 0 Å². The van der Waals surface area contributed by atoms with Crippen LogP contribution in [0.15, 0.2) is 18.2 Å². The van der Waals surface area contributed by atoms with Crippen LogP contribution in [0.2, 0.25) is 0 Å². The first kappa shape index (κ1) is 18.0. The van der Waals surface area contributed by atoms with Crippen LogP contribution in [-0.2, 0) is 12.8 Å². The van der Waals surface area contributed by atoms with Crippen LogP contribution >= 0.6 is 0 Å². The second-order valence-corrected chi connectivity index (χ2v) is 9.07. The first-order chi connectivity index (χ1) is 13.3. The number of rotatable bonds is 5. The van der Waals surface area contributed by atoms with Crippen LogP contribution < -0.4 is 4.74 Å². The summed E-state index contributed by atoms with van der Waals surface area (Å²) in [5.41, 5.74) is 2.88. The van der Waals surface area contributed by atoms with Gasteiger partial charge >= 0.3 is 0 Å². The third-order valence-corrected chi connectivity index (χ3v) is 7.36. The lowest BCUT2D eigenvalue weighted by atomic mass is 9.93. The Morgan fingerprint density at radius 1 is 0.889 bits per heavy atom. The Morgan fingerprint density at radius 2 is 1.63 bits per heavy atom. The average molecular weight is 370 g/mol. The molecule has 1 aliphatic carbocycles. The van der Waals surface area contributed by atoms with Gasteiger partial charge in [-0.25, -0.2) is 0 Å². The van der Waals surface area contributed by atoms with Crippen LogP contribution in [-0.4, -0.2) is 79.2 Å². The summed E-state index contributed by atoms with van der Waals surface area (Å²) in [6.07, 6.45) is 9.54. The van der Waals surface area contributed by atoms with Crippen LogP contribution in [0.4, 0.5) is 0 Å². The van der Waals surface area contributed by atoms with E-state index in [1.807, 2.05) is 0 Å². The van der Waals surface area contributed by atoms with E-state index in [0.717, 1.165) is 30.9 Å². The molecule has 3 aliphatic heterocycles. The van der Waals surface area contributed by atoms with E-state index in [9.17, 15) is 0 Å². The Hall–Kier alpha value is -1.10. The zero-order chi connectivity index (χ0) is 18.1. The van der Waals surface area contributed by atoms with Gasteiger partial charge in [0, 0.05) is 64.3 Å². The molecule has 0 unspecified atom stereocenters. The van der Waals surface area contributed by atoms with E-state index in [4.69, 9.17) is 4.74 Å². The summed E-state index contributed by atoms with van der Waals surface area (Å²) in [6, 6.07) is 8.50. The maximum absolute atomic E-state index is 5.62. The molecule has 148 valence electrons. The molecule has 0 N–H and O–H groups in total. The highest BCUT2D eigenvalue weighted by Crippen LogP contribution is 2.27. The van der Waals surface area contributed by atoms with Gasteiger partial charge in [-0.05, 0) is 36.5 Å². The normalized spacial score (nSPS) is 25.9. The van der Waals surface area contributed by atoms with E-state index < -0.39 is 0 Å². The number of piperazine rings is 1. The molecule has 0 spiro atoms. The second kappa shape index (κ2) is 8.10. The number of ether oxygens (including phenoxy) is 1. The molecule has 0 atom stereocenters. The van der Waals surface area contributed by atoms with Gasteiger partial charge in [-0.15, -0.1) is 0 Å². The number of hydrogen-bond acceptors (Lipinski definition) is 4. The fourth-order valence-electron chi connectivity index (χ4n) is 5.55. The maximum Gasteiger partial charge on any atom is 0.122 e. The number of fused-ring (bicyclic) bond motifs is 1. The Kier molecular flexibility index (Phi) is 5.39. The van der Waals surface area contributed by atoms with Crippen molar-refractivity contribution in [1.82, 2.24) is 14.7 Å². The Bertz CT molecular complexity index is 629. The molecule has 0 amide bonds. The summed E-state index contributed by atoms with van der Waals surface area (Å²) in [5.74, 6) is 1.11. The van der Waals surface area contributed by atoms with Crippen molar-refractivity contribution in [3.05, 3.63) is 29.3 Å². The molecule has 2 saturated heterocycles. The van der Waals surface area contributed by atoms with Gasteiger partial charge in [0.2, 0.25) is 0 Å². The Balaban J connectivity index is 1.02. The van der Waals surface area contributed by atoms with Crippen molar-refractivity contribution < 1.29 is 4.74 Å². The molecular weight excluding hydrogens is 334 g/mol. The average Bonchev–Trinajstić information content (AvgIpc) is 3.16. The van der Waals surface area contributed by atoms with E-state index in [1.54, 1.807) is 0 Å². The van der Waals surface area contributed by atoms with Crippen molar-refractivity contribution in [3.63, 3.8) is 0 Å². The molecule has 5 rings (SSSR count). The minimum Gasteiger partial charge on any atom is -0.493 e. The summed E-state index contributed by atoms with van der Waals surface area (Å²) in [5, 5.41) is 0. The molecule has 3 fully saturated rings. The van der Waals surface area contributed by atoms with Crippen molar-refractivity contribution in [3.8, 4) is 5.75 Å². The van der Waals surface area contributed by atoms with Crippen molar-refractivity contribution in [2.45, 2.75) is 57.0 Å². The third kappa shape index (κ3) is 4.03. The Labute approximate surface area is 164 Å². The molecule has 3 heterocycles. The van der Waals surface area contributed by atoms with Crippen molar-refractivity contribution >= 4 is 0 Å². The quantitative estimate of drug-likeness (QED) is 0.794. The first-order valence-electron chi connectivity index (χ1n) is 11.3. The topological polar surface area (TPSA) is 19.0 Å². The lowest BCUT2D eigenvalue weighted by Crippen LogP contribution is -2.63. The van der Waals surface area contributed by atoms with Crippen LogP contribution in [0.5, 0.6) is 5.75 Å². The number of benzene rings is 1. The van der Waals surface area contributed by atoms with E-state index in [1.165, 1.54) is 95.5 Å². The van der Waals surface area contributed by atoms with Gasteiger partial charge in [-0.3, -0.25) is 14.7 Å². The maximum atomic E-state index is 5.62. The third-order valence-electron chi connectivity index (χ3n) is 7.36. The summed E-state index contributed by atoms with van der Waals surface area (Å²) >= 11 is 0. The standard InChI is InChI=1S/C23H35N3O/c1-2-4-21(5-3-1)25-11-13-26(14-12-25)22-17-24(18-22)10-8-19-6-7-23-20(16-19)9-15-27-23/h6-7,16,21-22H,1-5,8-15,17-18H2. The van der Waals surface area contributed by atoms with Crippen molar-refractivity contribution in [2.75, 3.05) is 52.4 Å². The SMILES string of the molecule is c1cc2c(cc1CCN1CC(N3CCN(C4CCCCC4)CC3)C1)CCO2. The van der Waals surface area contributed by atoms with E-state index in [0.29, 0.717) is 0 Å². The highest BCUT2D eigenvalue weighted by atomic mass is 16.5. The number of likely N-dealkylation sites (tertiary alicyclic amines) is 1. The molecule has 0 radical (unpaired) electrons. The summed E-state index contributed by atoms with van der Waals surface area (Å²) in [4.78, 5) is 8.20. The van der Waals surface area contributed by atoms with Gasteiger partial charge in [0.25, 0.3) is 0 Å². The monoisotopic (exact) mass is 369 g/mol. The predicted molar refractivity (Wildman–Crippen MR) is 110 cm³/mol. The molecule has 0 aromatic heterocycles. The minimum atomic E-state index is 0.812. The zero-order valence-corrected chi connectivity index (χ0v) is 16.7. The smallest absolute Gasteiger partial charge is 0.122 e. The van der Waals surface area contributed by atoms with E-state index in [-0.39, 0.29) is 0 Å². The minimum absolute atomic E-state index is 0.812. The lowest BCUT2D eigenvalue weighted by molar-refractivity contribution is -0.00662. The predicted octanol–water partition coefficient (Wildman–Crippen LogP) is 2.80. The highest BCUT2D eigenvalue weighted by molar-refractivity contribution is 5.39. The molecule has 1 saturated carbocycles. The van der Waals surface area contributed by atoms with Gasteiger partial charge in [0.05, 0.1) is 6.61 Å². The van der Waals surface area contributed by atoms with Crippen molar-refractivity contribution in [2.24, 2.45) is 0 Å². The fraction of sp³-hybridized carbons (Fsp3) is 0.739.